The largest absolute Gasteiger partial charge is 0.227 e. The van der Waals surface area contributed by atoms with Gasteiger partial charge in [-0.2, -0.15) is 5.43 Å². The molecule has 2 unspecified atom stereocenters. The zero-order valence-corrected chi connectivity index (χ0v) is 5.71. The normalized spacial score (nSPS) is 42.7. The smallest absolute Gasteiger partial charge is 0.0309 e. The minimum Gasteiger partial charge on any atom is -0.227 e. The van der Waals surface area contributed by atoms with Gasteiger partial charge in [0.05, 0.1) is 0 Å². The van der Waals surface area contributed by atoms with Crippen molar-refractivity contribution in [1.29, 1.82) is 0 Å². The van der Waals surface area contributed by atoms with E-state index < -0.39 is 0 Å². The third kappa shape index (κ3) is 1.10. The van der Waals surface area contributed by atoms with Crippen molar-refractivity contribution in [3.8, 4) is 0 Å². The zero-order chi connectivity index (χ0) is 6.10. The number of rotatable bonds is 0. The second kappa shape index (κ2) is 2.27. The predicted molar refractivity (Wildman–Crippen MR) is 35.9 cm³/mol. The van der Waals surface area contributed by atoms with Gasteiger partial charge in [0.15, 0.2) is 0 Å². The van der Waals surface area contributed by atoms with Gasteiger partial charge in [-0.15, -0.1) is 0 Å². The molecule has 0 aliphatic carbocycles. The van der Waals surface area contributed by atoms with Crippen LogP contribution >= 0.6 is 0 Å². The molecule has 2 rings (SSSR count). The maximum atomic E-state index is 4.38. The standard InChI is InChI=1S/C7H13N2/c1-2-7-3-4-8-9(5-1)6-7/h7H,1-6H2. The summed E-state index contributed by atoms with van der Waals surface area (Å²) in [6, 6.07) is 0. The van der Waals surface area contributed by atoms with Crippen LogP contribution in [0.5, 0.6) is 0 Å². The molecule has 0 N–H and O–H groups in total. The number of nitrogens with zero attached hydrogens (tertiary/aromatic N) is 2. The van der Waals surface area contributed by atoms with Crippen molar-refractivity contribution < 1.29 is 0 Å². The first kappa shape index (κ1) is 5.69. The van der Waals surface area contributed by atoms with E-state index in [1.807, 2.05) is 0 Å². The molecule has 0 aromatic heterocycles. The summed E-state index contributed by atoms with van der Waals surface area (Å²) in [7, 11) is 0. The third-order valence-corrected chi connectivity index (χ3v) is 2.33. The van der Waals surface area contributed by atoms with Gasteiger partial charge >= 0.3 is 0 Å². The molecule has 2 nitrogen and oxygen atoms in total. The summed E-state index contributed by atoms with van der Waals surface area (Å²) in [5.41, 5.74) is 4.38. The van der Waals surface area contributed by atoms with Crippen LogP contribution in [-0.2, 0) is 0 Å². The van der Waals surface area contributed by atoms with Crippen LogP contribution in [0.4, 0.5) is 0 Å². The van der Waals surface area contributed by atoms with Crippen molar-refractivity contribution in [1.82, 2.24) is 10.4 Å². The minimum atomic E-state index is 0.983. The molecule has 2 atom stereocenters. The van der Waals surface area contributed by atoms with E-state index in [-0.39, 0.29) is 0 Å². The highest BCUT2D eigenvalue weighted by Crippen LogP contribution is 2.21. The second-order valence-corrected chi connectivity index (χ2v) is 3.07. The van der Waals surface area contributed by atoms with Gasteiger partial charge in [0.1, 0.15) is 0 Å². The molecule has 51 valence electrons. The SMILES string of the molecule is C1CC2CC[N]N(C1)C2. The Morgan fingerprint density at radius 3 is 3.11 bits per heavy atom. The van der Waals surface area contributed by atoms with Crippen molar-refractivity contribution in [3.05, 3.63) is 0 Å². The molecular formula is C7H13N2. The van der Waals surface area contributed by atoms with E-state index in [1.165, 1.54) is 32.4 Å². The molecule has 2 bridgehead atoms. The van der Waals surface area contributed by atoms with Gasteiger partial charge in [-0.05, 0) is 25.2 Å². The van der Waals surface area contributed by atoms with Gasteiger partial charge in [-0.1, -0.05) is 0 Å². The first-order valence-electron chi connectivity index (χ1n) is 3.87. The molecule has 2 aliphatic heterocycles. The summed E-state index contributed by atoms with van der Waals surface area (Å²) in [4.78, 5) is 0. The lowest BCUT2D eigenvalue weighted by Crippen LogP contribution is -2.45. The molecule has 0 saturated carbocycles. The van der Waals surface area contributed by atoms with E-state index in [2.05, 4.69) is 10.4 Å². The average Bonchev–Trinajstić information content (AvgIpc) is 1.88. The predicted octanol–water partition coefficient (Wildman–Crippen LogP) is 0.621. The van der Waals surface area contributed by atoms with Crippen LogP contribution in [0.3, 0.4) is 0 Å². The van der Waals surface area contributed by atoms with E-state index >= 15 is 0 Å². The van der Waals surface area contributed by atoms with Gasteiger partial charge in [-0.25, -0.2) is 5.01 Å². The molecule has 0 spiro atoms. The summed E-state index contributed by atoms with van der Waals surface area (Å²) in [5, 5.41) is 2.25. The lowest BCUT2D eigenvalue weighted by Gasteiger charge is -2.36. The molecule has 2 aliphatic rings. The Balaban J connectivity index is 1.96. The number of hydrogen-bond donors (Lipinski definition) is 0. The molecule has 0 aromatic carbocycles. The monoisotopic (exact) mass is 125 g/mol. The lowest BCUT2D eigenvalue weighted by molar-refractivity contribution is 0.0649. The Labute approximate surface area is 56.2 Å². The van der Waals surface area contributed by atoms with Crippen LogP contribution in [0.15, 0.2) is 0 Å². The summed E-state index contributed by atoms with van der Waals surface area (Å²) in [5.74, 6) is 0.983. The van der Waals surface area contributed by atoms with E-state index in [4.69, 9.17) is 0 Å². The molecule has 0 aromatic rings. The summed E-state index contributed by atoms with van der Waals surface area (Å²) >= 11 is 0. The summed E-state index contributed by atoms with van der Waals surface area (Å²) in [6.07, 6.45) is 4.16. The number of fused-ring (bicyclic) bond motifs is 2. The Bertz CT molecular complexity index is 83.1. The first-order chi connectivity index (χ1) is 4.45. The number of piperidine rings is 1. The molecule has 0 amide bonds. The maximum absolute atomic E-state index is 4.38. The highest BCUT2D eigenvalue weighted by molar-refractivity contribution is 4.74. The van der Waals surface area contributed by atoms with Gasteiger partial charge < -0.3 is 0 Å². The highest BCUT2D eigenvalue weighted by atomic mass is 15.5. The van der Waals surface area contributed by atoms with Crippen molar-refractivity contribution in [2.45, 2.75) is 19.3 Å². The van der Waals surface area contributed by atoms with Crippen molar-refractivity contribution in [3.63, 3.8) is 0 Å². The van der Waals surface area contributed by atoms with Gasteiger partial charge in [0, 0.05) is 19.6 Å². The Hall–Kier alpha value is -0.0800. The fraction of sp³-hybridized carbons (Fsp3) is 1.00. The fourth-order valence-electron chi connectivity index (χ4n) is 1.79. The van der Waals surface area contributed by atoms with Crippen LogP contribution in [0.1, 0.15) is 19.3 Å². The van der Waals surface area contributed by atoms with Gasteiger partial charge in [0.25, 0.3) is 0 Å². The second-order valence-electron chi connectivity index (χ2n) is 3.07. The molecule has 2 heteroatoms. The van der Waals surface area contributed by atoms with E-state index in [0.29, 0.717) is 0 Å². The van der Waals surface area contributed by atoms with Crippen molar-refractivity contribution >= 4 is 0 Å². The molecule has 2 saturated heterocycles. The quantitative estimate of drug-likeness (QED) is 0.464. The van der Waals surface area contributed by atoms with Crippen molar-refractivity contribution in [2.24, 2.45) is 5.92 Å². The highest BCUT2D eigenvalue weighted by Gasteiger charge is 2.23. The van der Waals surface area contributed by atoms with E-state index in [1.54, 1.807) is 0 Å². The maximum Gasteiger partial charge on any atom is 0.0309 e. The Morgan fingerprint density at radius 1 is 1.33 bits per heavy atom. The Kier molecular flexibility index (Phi) is 1.44. The fourth-order valence-corrected chi connectivity index (χ4v) is 1.79. The lowest BCUT2D eigenvalue weighted by atomic mass is 9.94. The number of hydrogen-bond acceptors (Lipinski definition) is 1. The molecular weight excluding hydrogens is 112 g/mol. The van der Waals surface area contributed by atoms with E-state index in [0.717, 1.165) is 12.5 Å². The van der Waals surface area contributed by atoms with Crippen LogP contribution in [0.25, 0.3) is 0 Å². The summed E-state index contributed by atoms with van der Waals surface area (Å²) in [6.45, 7) is 3.56. The average molecular weight is 125 g/mol. The van der Waals surface area contributed by atoms with Crippen LogP contribution in [-0.4, -0.2) is 24.6 Å². The third-order valence-electron chi connectivity index (χ3n) is 2.33. The molecule has 1 radical (unpaired) electrons. The topological polar surface area (TPSA) is 17.3 Å². The summed E-state index contributed by atoms with van der Waals surface area (Å²) < 4.78 is 0. The van der Waals surface area contributed by atoms with E-state index in [9.17, 15) is 0 Å². The molecule has 2 heterocycles. The van der Waals surface area contributed by atoms with Crippen LogP contribution < -0.4 is 5.43 Å². The van der Waals surface area contributed by atoms with Crippen molar-refractivity contribution in [2.75, 3.05) is 19.6 Å². The zero-order valence-electron chi connectivity index (χ0n) is 5.71. The van der Waals surface area contributed by atoms with Crippen LogP contribution in [0.2, 0.25) is 0 Å². The Morgan fingerprint density at radius 2 is 2.33 bits per heavy atom. The molecule has 2 fully saturated rings. The minimum absolute atomic E-state index is 0.983. The van der Waals surface area contributed by atoms with Gasteiger partial charge in [-0.3, -0.25) is 0 Å². The first-order valence-corrected chi connectivity index (χ1v) is 3.87. The van der Waals surface area contributed by atoms with Gasteiger partial charge in [0.2, 0.25) is 0 Å². The van der Waals surface area contributed by atoms with Crippen LogP contribution in [0, 0.1) is 5.92 Å². The molecule has 9 heavy (non-hydrogen) atoms.